The Morgan fingerprint density at radius 3 is 1.46 bits per heavy atom. The Balaban J connectivity index is 1.02. The summed E-state index contributed by atoms with van der Waals surface area (Å²) in [5.41, 5.74) is 21.4. The molecule has 65 heavy (non-hydrogen) atoms. The molecule has 8 aromatic carbocycles. The van der Waals surface area contributed by atoms with Crippen molar-refractivity contribution in [2.45, 2.75) is 10.8 Å². The van der Waals surface area contributed by atoms with Crippen molar-refractivity contribution in [1.29, 1.82) is 0 Å². The molecular weight excluding hydrogens is 793 g/mol. The number of pyridine rings is 2. The third-order valence-corrected chi connectivity index (χ3v) is 14.7. The molecule has 0 bridgehead atoms. The van der Waals surface area contributed by atoms with Gasteiger partial charge in [0.1, 0.15) is 11.5 Å². The molecule has 4 heterocycles. The fourth-order valence-corrected chi connectivity index (χ4v) is 12.4. The lowest BCUT2D eigenvalue weighted by atomic mass is 9.65. The van der Waals surface area contributed by atoms with Crippen LogP contribution in [0, 0.1) is 0 Å². The summed E-state index contributed by atoms with van der Waals surface area (Å²) >= 11 is 0. The van der Waals surface area contributed by atoms with Gasteiger partial charge < -0.3 is 14.5 Å². The van der Waals surface area contributed by atoms with Gasteiger partial charge in [-0.15, -0.1) is 0 Å². The van der Waals surface area contributed by atoms with Crippen LogP contribution in [0.5, 0.6) is 11.5 Å². The summed E-state index contributed by atoms with van der Waals surface area (Å²) in [6.45, 7) is 0. The lowest BCUT2D eigenvalue weighted by Gasteiger charge is -2.41. The van der Waals surface area contributed by atoms with Gasteiger partial charge in [0, 0.05) is 28.6 Å². The molecule has 2 aliphatic heterocycles. The maximum Gasteiger partial charge on any atom is 0.132 e. The highest BCUT2D eigenvalue weighted by atomic mass is 16.5. The molecule has 0 fully saturated rings. The molecule has 5 heteroatoms. The van der Waals surface area contributed by atoms with E-state index in [9.17, 15) is 0 Å². The van der Waals surface area contributed by atoms with Gasteiger partial charge in [-0.25, -0.2) is 0 Å². The van der Waals surface area contributed by atoms with Crippen molar-refractivity contribution in [2.24, 2.45) is 0 Å². The Kier molecular flexibility index (Phi) is 6.76. The first-order valence-corrected chi connectivity index (χ1v) is 22.3. The van der Waals surface area contributed by atoms with E-state index < -0.39 is 10.8 Å². The first-order valence-electron chi connectivity index (χ1n) is 22.3. The number of anilines is 6. The molecule has 0 saturated heterocycles. The second kappa shape index (κ2) is 12.6. The molecule has 10 aromatic rings. The zero-order chi connectivity index (χ0) is 42.4. The normalized spacial score (nSPS) is 16.6. The van der Waals surface area contributed by atoms with Crippen LogP contribution in [0.4, 0.5) is 34.1 Å². The first-order chi connectivity index (χ1) is 32.3. The number of hydrogen-bond donors (Lipinski definition) is 0. The number of aromatic nitrogens is 2. The second-order valence-corrected chi connectivity index (χ2v) is 17.6. The monoisotopic (exact) mass is 828 g/mol. The van der Waals surface area contributed by atoms with Gasteiger partial charge in [-0.1, -0.05) is 140 Å². The topological polar surface area (TPSA) is 41.5 Å². The Labute approximate surface area is 376 Å². The van der Waals surface area contributed by atoms with Crippen LogP contribution in [0.15, 0.2) is 219 Å². The number of ether oxygens (including phenoxy) is 1. The minimum Gasteiger partial charge on any atom is -0.457 e. The molecule has 5 nitrogen and oxygen atoms in total. The molecule has 0 saturated carbocycles. The van der Waals surface area contributed by atoms with Gasteiger partial charge in [0.15, 0.2) is 0 Å². The standard InChI is InChI=1S/C60H36N4O/c1-2-17-37(18-3-1)63-51-27-11-13-29-53(51)64(54-30-14-12-28-52(54)63)38-33-50-58(62-36-38)57-47(26-16-32-61-57)60(50)46-25-10-15-31-55(46)65-56-35-48-42(34-49(56)60)41-21-6-9-24-45(41)59(48)43-22-7-4-19-39(43)40-20-5-8-23-44(40)59/h1-36H. The maximum atomic E-state index is 7.23. The van der Waals surface area contributed by atoms with Crippen LogP contribution in [0.2, 0.25) is 0 Å². The third-order valence-electron chi connectivity index (χ3n) is 14.7. The average Bonchev–Trinajstić information content (AvgIpc) is 3.95. The molecule has 2 spiro atoms. The number of fused-ring (bicyclic) bond motifs is 21. The molecule has 0 radical (unpaired) electrons. The van der Waals surface area contributed by atoms with E-state index >= 15 is 0 Å². The van der Waals surface area contributed by atoms with Gasteiger partial charge in [0.25, 0.3) is 0 Å². The van der Waals surface area contributed by atoms with Crippen LogP contribution in [0.1, 0.15) is 44.5 Å². The van der Waals surface area contributed by atoms with Crippen molar-refractivity contribution in [2.75, 3.05) is 9.80 Å². The zero-order valence-corrected chi connectivity index (χ0v) is 35.0. The van der Waals surface area contributed by atoms with Crippen LogP contribution in [0.3, 0.4) is 0 Å². The SMILES string of the molecule is c1ccc(N2c3ccccc3N(c3cnc4c(c3)C3(c5ccccc5Oc5cc6c(cc53)-c3ccccc3C63c5ccccc5-c5ccccc53)c3cccnc3-4)c3ccccc32)cc1. The van der Waals surface area contributed by atoms with Crippen molar-refractivity contribution >= 4 is 34.1 Å². The third kappa shape index (κ3) is 4.24. The fourth-order valence-electron chi connectivity index (χ4n) is 12.4. The molecular formula is C60H36N4O. The lowest BCUT2D eigenvalue weighted by Crippen LogP contribution is -2.33. The van der Waals surface area contributed by atoms with Crippen molar-refractivity contribution < 1.29 is 4.74 Å². The number of rotatable bonds is 2. The van der Waals surface area contributed by atoms with Crippen molar-refractivity contribution in [1.82, 2.24) is 9.97 Å². The summed E-state index contributed by atoms with van der Waals surface area (Å²) < 4.78 is 7.23. The summed E-state index contributed by atoms with van der Waals surface area (Å²) in [6.07, 6.45) is 3.93. The van der Waals surface area contributed by atoms with E-state index in [4.69, 9.17) is 14.7 Å². The summed E-state index contributed by atoms with van der Waals surface area (Å²) in [5.74, 6) is 1.67. The largest absolute Gasteiger partial charge is 0.457 e. The van der Waals surface area contributed by atoms with E-state index in [0.717, 1.165) is 79.3 Å². The molecule has 302 valence electrons. The minimum absolute atomic E-state index is 0.508. The summed E-state index contributed by atoms with van der Waals surface area (Å²) in [4.78, 5) is 15.3. The molecule has 0 N–H and O–H groups in total. The van der Waals surface area contributed by atoms with Gasteiger partial charge in [0.2, 0.25) is 0 Å². The van der Waals surface area contributed by atoms with Crippen LogP contribution in [-0.2, 0) is 10.8 Å². The maximum absolute atomic E-state index is 7.23. The average molecular weight is 829 g/mol. The minimum atomic E-state index is -0.803. The highest BCUT2D eigenvalue weighted by Gasteiger charge is 2.56. The number of benzene rings is 8. The lowest BCUT2D eigenvalue weighted by molar-refractivity contribution is 0.435. The molecule has 5 aliphatic rings. The number of hydrogen-bond acceptors (Lipinski definition) is 5. The van der Waals surface area contributed by atoms with E-state index in [1.807, 2.05) is 12.4 Å². The van der Waals surface area contributed by atoms with Crippen molar-refractivity contribution in [3.8, 4) is 45.1 Å². The van der Waals surface area contributed by atoms with Crippen molar-refractivity contribution in [3.63, 3.8) is 0 Å². The van der Waals surface area contributed by atoms with Crippen LogP contribution < -0.4 is 14.5 Å². The quantitative estimate of drug-likeness (QED) is 0.174. The summed E-state index contributed by atoms with van der Waals surface area (Å²) in [5, 5.41) is 0. The van der Waals surface area contributed by atoms with Crippen molar-refractivity contribution in [3.05, 3.63) is 263 Å². The molecule has 2 aromatic heterocycles. The highest BCUT2D eigenvalue weighted by molar-refractivity contribution is 6.02. The van der Waals surface area contributed by atoms with E-state index in [2.05, 4.69) is 216 Å². The van der Waals surface area contributed by atoms with Gasteiger partial charge in [0.05, 0.1) is 56.9 Å². The fraction of sp³-hybridized carbons (Fsp3) is 0.0333. The van der Waals surface area contributed by atoms with Crippen LogP contribution in [-0.4, -0.2) is 9.97 Å². The van der Waals surface area contributed by atoms with E-state index in [1.165, 1.54) is 44.5 Å². The Morgan fingerprint density at radius 2 is 0.815 bits per heavy atom. The van der Waals surface area contributed by atoms with Gasteiger partial charge in [-0.05, 0) is 117 Å². The summed E-state index contributed by atoms with van der Waals surface area (Å²) in [7, 11) is 0. The van der Waals surface area contributed by atoms with E-state index in [0.29, 0.717) is 0 Å². The predicted molar refractivity (Wildman–Crippen MR) is 259 cm³/mol. The van der Waals surface area contributed by atoms with E-state index in [-0.39, 0.29) is 0 Å². The molecule has 3 aliphatic carbocycles. The smallest absolute Gasteiger partial charge is 0.132 e. The predicted octanol–water partition coefficient (Wildman–Crippen LogP) is 14.5. The Hall–Kier alpha value is -8.54. The van der Waals surface area contributed by atoms with Crippen LogP contribution >= 0.6 is 0 Å². The Morgan fingerprint density at radius 1 is 0.323 bits per heavy atom. The zero-order valence-electron chi connectivity index (χ0n) is 35.0. The molecule has 15 rings (SSSR count). The van der Waals surface area contributed by atoms with Crippen LogP contribution in [0.25, 0.3) is 33.6 Å². The molecule has 1 atom stereocenters. The second-order valence-electron chi connectivity index (χ2n) is 17.6. The van der Waals surface area contributed by atoms with Gasteiger partial charge in [-0.2, -0.15) is 0 Å². The highest BCUT2D eigenvalue weighted by Crippen LogP contribution is 2.68. The number of para-hydroxylation sites is 6. The number of nitrogens with zero attached hydrogens (tertiary/aromatic N) is 4. The molecule has 1 unspecified atom stereocenters. The van der Waals surface area contributed by atoms with Gasteiger partial charge >= 0.3 is 0 Å². The van der Waals surface area contributed by atoms with E-state index in [1.54, 1.807) is 0 Å². The van der Waals surface area contributed by atoms with Gasteiger partial charge in [-0.3, -0.25) is 9.97 Å². The Bertz CT molecular complexity index is 3600. The summed E-state index contributed by atoms with van der Waals surface area (Å²) in [6, 6.07) is 75.1. The molecule has 0 amide bonds. The first kappa shape index (κ1) is 35.0.